The molecule has 0 saturated carbocycles. The smallest absolute Gasteiger partial charge is 0.146 e. The van der Waals surface area contributed by atoms with Crippen molar-refractivity contribution in [3.05, 3.63) is 40.6 Å². The fourth-order valence-corrected chi connectivity index (χ4v) is 2.30. The number of ether oxygens (including phenoxy) is 1. The number of aliphatic hydroxyl groups excluding tert-OH is 1. The highest BCUT2D eigenvalue weighted by molar-refractivity contribution is 9.10. The van der Waals surface area contributed by atoms with Crippen molar-refractivity contribution in [2.75, 3.05) is 0 Å². The molecule has 3 nitrogen and oxygen atoms in total. The zero-order chi connectivity index (χ0) is 12.8. The Kier molecular flexibility index (Phi) is 2.87. The third kappa shape index (κ3) is 1.72. The lowest BCUT2D eigenvalue weighted by Gasteiger charge is -2.38. The zero-order valence-electron chi connectivity index (χ0n) is 9.66. The number of hydrogen-bond acceptors (Lipinski definition) is 3. The molecule has 0 fully saturated rings. The van der Waals surface area contributed by atoms with Gasteiger partial charge in [0.1, 0.15) is 28.8 Å². The summed E-state index contributed by atoms with van der Waals surface area (Å²) in [5.74, 6) is 0.664. The van der Waals surface area contributed by atoms with Gasteiger partial charge in [0.15, 0.2) is 0 Å². The Hall–Kier alpha value is -1.13. The summed E-state index contributed by atoms with van der Waals surface area (Å²) in [6, 6.07) is 5.32. The van der Waals surface area contributed by atoms with Crippen molar-refractivity contribution in [2.45, 2.75) is 20.0 Å². The minimum Gasteiger partial charge on any atom is -0.461 e. The van der Waals surface area contributed by atoms with Crippen LogP contribution in [-0.2, 0) is 4.79 Å². The molecule has 0 spiro atoms. The van der Waals surface area contributed by atoms with E-state index in [2.05, 4.69) is 22.5 Å². The molecule has 0 unspecified atom stereocenters. The minimum absolute atomic E-state index is 0.166. The van der Waals surface area contributed by atoms with E-state index in [1.807, 2.05) is 6.07 Å². The Balaban J connectivity index is 2.60. The number of fused-ring (bicyclic) bond motifs is 1. The lowest BCUT2D eigenvalue weighted by Crippen LogP contribution is -2.39. The standard InChI is InChI=1S/C13H13BrO3/c1-7(15)13(3)8(2)17-11-5-4-9(14)6-10(11)12(13)16/h4-6,12,16H,2H2,1,3H3/t12-,13-/m0/s1. The van der Waals surface area contributed by atoms with E-state index < -0.39 is 11.5 Å². The van der Waals surface area contributed by atoms with Gasteiger partial charge in [-0.15, -0.1) is 0 Å². The molecule has 17 heavy (non-hydrogen) atoms. The van der Waals surface area contributed by atoms with Gasteiger partial charge in [-0.3, -0.25) is 4.79 Å². The van der Waals surface area contributed by atoms with E-state index >= 15 is 0 Å². The third-order valence-electron chi connectivity index (χ3n) is 3.36. The Labute approximate surface area is 108 Å². The summed E-state index contributed by atoms with van der Waals surface area (Å²) in [7, 11) is 0. The van der Waals surface area contributed by atoms with E-state index in [1.165, 1.54) is 6.92 Å². The molecule has 0 radical (unpaired) electrons. The summed E-state index contributed by atoms with van der Waals surface area (Å²) in [6.45, 7) is 6.82. The molecule has 0 aromatic heterocycles. The number of carbonyl (C=O) groups is 1. The summed E-state index contributed by atoms with van der Waals surface area (Å²) in [5, 5.41) is 10.4. The quantitative estimate of drug-likeness (QED) is 0.867. The second kappa shape index (κ2) is 3.96. The second-order valence-electron chi connectivity index (χ2n) is 4.37. The number of rotatable bonds is 1. The molecule has 0 aliphatic carbocycles. The van der Waals surface area contributed by atoms with Gasteiger partial charge in [0.05, 0.1) is 0 Å². The largest absolute Gasteiger partial charge is 0.461 e. The fraction of sp³-hybridized carbons (Fsp3) is 0.308. The summed E-state index contributed by atoms with van der Waals surface area (Å²) < 4.78 is 6.37. The molecule has 1 aliphatic rings. The van der Waals surface area contributed by atoms with Gasteiger partial charge >= 0.3 is 0 Å². The third-order valence-corrected chi connectivity index (χ3v) is 3.85. The Bertz CT molecular complexity index is 509. The topological polar surface area (TPSA) is 46.5 Å². The van der Waals surface area contributed by atoms with Gasteiger partial charge in [-0.1, -0.05) is 22.5 Å². The molecule has 0 amide bonds. The summed E-state index contributed by atoms with van der Waals surface area (Å²) in [6.07, 6.45) is -0.936. The molecular formula is C13H13BrO3. The number of benzene rings is 1. The SMILES string of the molecule is C=C1Oc2ccc(Br)cc2[C@H](O)[C@@]1(C)C(C)=O. The molecule has 4 heteroatoms. The van der Waals surface area contributed by atoms with Crippen LogP contribution in [0.5, 0.6) is 5.75 Å². The van der Waals surface area contributed by atoms with Crippen molar-refractivity contribution in [3.63, 3.8) is 0 Å². The molecule has 2 rings (SSSR count). The van der Waals surface area contributed by atoms with Crippen molar-refractivity contribution in [2.24, 2.45) is 5.41 Å². The number of aliphatic hydroxyl groups is 1. The molecule has 1 aromatic carbocycles. The van der Waals surface area contributed by atoms with E-state index in [1.54, 1.807) is 19.1 Å². The highest BCUT2D eigenvalue weighted by Crippen LogP contribution is 2.49. The lowest BCUT2D eigenvalue weighted by molar-refractivity contribution is -0.132. The first-order chi connectivity index (χ1) is 7.87. The summed E-state index contributed by atoms with van der Waals surface area (Å²) in [5.41, 5.74) is -0.488. The molecule has 1 aromatic rings. The molecule has 0 saturated heterocycles. The maximum atomic E-state index is 11.7. The van der Waals surface area contributed by atoms with E-state index in [0.29, 0.717) is 11.3 Å². The van der Waals surface area contributed by atoms with Crippen LogP contribution in [0.25, 0.3) is 0 Å². The van der Waals surface area contributed by atoms with Gasteiger partial charge in [-0.25, -0.2) is 0 Å². The van der Waals surface area contributed by atoms with E-state index in [0.717, 1.165) is 4.47 Å². The molecule has 2 atom stereocenters. The minimum atomic E-state index is -1.09. The number of ketones is 1. The number of halogens is 1. The maximum absolute atomic E-state index is 11.7. The van der Waals surface area contributed by atoms with Crippen molar-refractivity contribution >= 4 is 21.7 Å². The van der Waals surface area contributed by atoms with Crippen LogP contribution in [0, 0.1) is 5.41 Å². The van der Waals surface area contributed by atoms with Crippen molar-refractivity contribution < 1.29 is 14.6 Å². The molecular weight excluding hydrogens is 284 g/mol. The average Bonchev–Trinajstić information content (AvgIpc) is 2.27. The highest BCUT2D eigenvalue weighted by Gasteiger charge is 2.47. The van der Waals surface area contributed by atoms with Crippen LogP contribution in [0.4, 0.5) is 0 Å². The molecule has 90 valence electrons. The summed E-state index contributed by atoms with van der Waals surface area (Å²) >= 11 is 3.33. The van der Waals surface area contributed by atoms with Crippen LogP contribution in [-0.4, -0.2) is 10.9 Å². The van der Waals surface area contributed by atoms with Gasteiger partial charge in [0, 0.05) is 10.0 Å². The monoisotopic (exact) mass is 296 g/mol. The summed E-state index contributed by atoms with van der Waals surface area (Å²) in [4.78, 5) is 11.7. The van der Waals surface area contributed by atoms with Crippen LogP contribution in [0.1, 0.15) is 25.5 Å². The molecule has 0 bridgehead atoms. The predicted octanol–water partition coefficient (Wildman–Crippen LogP) is 2.98. The number of Topliss-reactive ketones (excluding diaryl/α,β-unsaturated/α-hetero) is 1. The zero-order valence-corrected chi connectivity index (χ0v) is 11.2. The first-order valence-electron chi connectivity index (χ1n) is 5.23. The van der Waals surface area contributed by atoms with Crippen molar-refractivity contribution in [1.82, 2.24) is 0 Å². The van der Waals surface area contributed by atoms with Crippen LogP contribution >= 0.6 is 15.9 Å². The highest BCUT2D eigenvalue weighted by atomic mass is 79.9. The molecule has 1 heterocycles. The Morgan fingerprint density at radius 1 is 1.59 bits per heavy atom. The van der Waals surface area contributed by atoms with E-state index in [-0.39, 0.29) is 11.5 Å². The first-order valence-corrected chi connectivity index (χ1v) is 6.02. The maximum Gasteiger partial charge on any atom is 0.146 e. The fourth-order valence-electron chi connectivity index (χ4n) is 1.92. The predicted molar refractivity (Wildman–Crippen MR) is 67.7 cm³/mol. The number of hydrogen-bond donors (Lipinski definition) is 1. The van der Waals surface area contributed by atoms with Crippen LogP contribution < -0.4 is 4.74 Å². The average molecular weight is 297 g/mol. The van der Waals surface area contributed by atoms with Crippen LogP contribution in [0.3, 0.4) is 0 Å². The normalized spacial score (nSPS) is 27.3. The molecule has 1 aliphatic heterocycles. The Morgan fingerprint density at radius 2 is 2.24 bits per heavy atom. The first kappa shape index (κ1) is 12.3. The van der Waals surface area contributed by atoms with E-state index in [4.69, 9.17) is 4.74 Å². The van der Waals surface area contributed by atoms with E-state index in [9.17, 15) is 9.90 Å². The second-order valence-corrected chi connectivity index (χ2v) is 5.28. The van der Waals surface area contributed by atoms with Crippen LogP contribution in [0.2, 0.25) is 0 Å². The van der Waals surface area contributed by atoms with Gasteiger partial charge < -0.3 is 9.84 Å². The Morgan fingerprint density at radius 3 is 2.82 bits per heavy atom. The van der Waals surface area contributed by atoms with Crippen molar-refractivity contribution in [1.29, 1.82) is 0 Å². The van der Waals surface area contributed by atoms with Gasteiger partial charge in [-0.05, 0) is 32.0 Å². The number of carbonyl (C=O) groups excluding carboxylic acids is 1. The molecule has 1 N–H and O–H groups in total. The van der Waals surface area contributed by atoms with Crippen molar-refractivity contribution in [3.8, 4) is 5.75 Å². The lowest BCUT2D eigenvalue weighted by atomic mass is 9.74. The van der Waals surface area contributed by atoms with Gasteiger partial charge in [-0.2, -0.15) is 0 Å². The van der Waals surface area contributed by atoms with Gasteiger partial charge in [0.2, 0.25) is 0 Å². The van der Waals surface area contributed by atoms with Gasteiger partial charge in [0.25, 0.3) is 0 Å². The van der Waals surface area contributed by atoms with Crippen LogP contribution in [0.15, 0.2) is 35.0 Å².